The SMILES string of the molecule is COc1ccc(Nc2ccc(OC)cc2F)cc1. The summed E-state index contributed by atoms with van der Waals surface area (Å²) in [7, 11) is 3.11. The Labute approximate surface area is 105 Å². The number of hydrogen-bond acceptors (Lipinski definition) is 3. The molecule has 0 spiro atoms. The van der Waals surface area contributed by atoms with Gasteiger partial charge in [-0.25, -0.2) is 4.39 Å². The summed E-state index contributed by atoms with van der Waals surface area (Å²) in [5.41, 5.74) is 1.20. The molecular weight excluding hydrogens is 233 g/mol. The molecule has 0 aromatic heterocycles. The van der Waals surface area contributed by atoms with Crippen LogP contribution in [0.3, 0.4) is 0 Å². The van der Waals surface area contributed by atoms with Gasteiger partial charge in [-0.1, -0.05) is 0 Å². The minimum Gasteiger partial charge on any atom is -0.497 e. The minimum atomic E-state index is -0.356. The molecule has 1 N–H and O–H groups in total. The zero-order chi connectivity index (χ0) is 13.0. The van der Waals surface area contributed by atoms with Crippen molar-refractivity contribution in [3.8, 4) is 11.5 Å². The van der Waals surface area contributed by atoms with E-state index in [9.17, 15) is 4.39 Å². The molecule has 94 valence electrons. The maximum Gasteiger partial charge on any atom is 0.150 e. The predicted octanol–water partition coefficient (Wildman–Crippen LogP) is 3.59. The van der Waals surface area contributed by atoms with Crippen molar-refractivity contribution in [2.45, 2.75) is 0 Å². The molecule has 0 atom stereocenters. The fourth-order valence-corrected chi connectivity index (χ4v) is 1.55. The van der Waals surface area contributed by atoms with E-state index >= 15 is 0 Å². The lowest BCUT2D eigenvalue weighted by Crippen LogP contribution is -1.94. The van der Waals surface area contributed by atoms with Crippen molar-refractivity contribution in [2.75, 3.05) is 19.5 Å². The second-order valence-corrected chi connectivity index (χ2v) is 3.70. The van der Waals surface area contributed by atoms with Crippen molar-refractivity contribution < 1.29 is 13.9 Å². The first-order valence-corrected chi connectivity index (χ1v) is 5.47. The summed E-state index contributed by atoms with van der Waals surface area (Å²) in [5, 5.41) is 2.99. The summed E-state index contributed by atoms with van der Waals surface area (Å²) in [6.07, 6.45) is 0. The van der Waals surface area contributed by atoms with Gasteiger partial charge in [0.25, 0.3) is 0 Å². The van der Waals surface area contributed by atoms with Gasteiger partial charge in [-0.15, -0.1) is 0 Å². The van der Waals surface area contributed by atoms with Gasteiger partial charge in [0.05, 0.1) is 19.9 Å². The molecule has 2 aromatic carbocycles. The molecule has 0 aliphatic carbocycles. The Bertz CT molecular complexity index is 526. The van der Waals surface area contributed by atoms with E-state index in [0.29, 0.717) is 11.4 Å². The second kappa shape index (κ2) is 5.40. The summed E-state index contributed by atoms with van der Waals surface area (Å²) < 4.78 is 23.7. The fourth-order valence-electron chi connectivity index (χ4n) is 1.55. The van der Waals surface area contributed by atoms with Crippen molar-refractivity contribution in [2.24, 2.45) is 0 Å². The van der Waals surface area contributed by atoms with Gasteiger partial charge in [-0.3, -0.25) is 0 Å². The third-order valence-corrected chi connectivity index (χ3v) is 2.55. The van der Waals surface area contributed by atoms with E-state index in [1.54, 1.807) is 19.2 Å². The third-order valence-electron chi connectivity index (χ3n) is 2.55. The van der Waals surface area contributed by atoms with Crippen LogP contribution < -0.4 is 14.8 Å². The Morgan fingerprint density at radius 1 is 0.889 bits per heavy atom. The topological polar surface area (TPSA) is 30.5 Å². The van der Waals surface area contributed by atoms with E-state index in [2.05, 4.69) is 5.32 Å². The summed E-state index contributed by atoms with van der Waals surface area (Å²) in [6, 6.07) is 11.9. The lowest BCUT2D eigenvalue weighted by atomic mass is 10.2. The molecule has 0 aliphatic heterocycles. The zero-order valence-corrected chi connectivity index (χ0v) is 10.2. The highest BCUT2D eigenvalue weighted by Crippen LogP contribution is 2.24. The van der Waals surface area contributed by atoms with Crippen molar-refractivity contribution >= 4 is 11.4 Å². The van der Waals surface area contributed by atoms with Gasteiger partial charge in [-0.2, -0.15) is 0 Å². The number of rotatable bonds is 4. The molecule has 3 nitrogen and oxygen atoms in total. The molecule has 2 aromatic rings. The summed E-state index contributed by atoms with van der Waals surface area (Å²) >= 11 is 0. The van der Waals surface area contributed by atoms with Crippen LogP contribution in [0.1, 0.15) is 0 Å². The van der Waals surface area contributed by atoms with Crippen LogP contribution in [0.15, 0.2) is 42.5 Å². The number of benzene rings is 2. The third kappa shape index (κ3) is 2.71. The highest BCUT2D eigenvalue weighted by molar-refractivity contribution is 5.61. The van der Waals surface area contributed by atoms with Crippen LogP contribution >= 0.6 is 0 Å². The standard InChI is InChI=1S/C14H14FNO2/c1-17-11-5-3-10(4-6-11)16-14-8-7-12(18-2)9-13(14)15/h3-9,16H,1-2H3. The van der Waals surface area contributed by atoms with Crippen molar-refractivity contribution in [1.82, 2.24) is 0 Å². The molecule has 4 heteroatoms. The normalized spacial score (nSPS) is 9.94. The molecule has 0 aliphatic rings. The summed E-state index contributed by atoms with van der Waals surface area (Å²) in [6.45, 7) is 0. The highest BCUT2D eigenvalue weighted by Gasteiger charge is 2.04. The van der Waals surface area contributed by atoms with Crippen molar-refractivity contribution in [3.05, 3.63) is 48.3 Å². The lowest BCUT2D eigenvalue weighted by Gasteiger charge is -2.09. The van der Waals surface area contributed by atoms with Gasteiger partial charge in [0.1, 0.15) is 17.3 Å². The van der Waals surface area contributed by atoms with Gasteiger partial charge in [0.2, 0.25) is 0 Å². The Morgan fingerprint density at radius 3 is 2.06 bits per heavy atom. The van der Waals surface area contributed by atoms with Gasteiger partial charge >= 0.3 is 0 Å². The van der Waals surface area contributed by atoms with Crippen LogP contribution in [0, 0.1) is 5.82 Å². The molecule has 0 saturated carbocycles. The van der Waals surface area contributed by atoms with Gasteiger partial charge in [0.15, 0.2) is 0 Å². The molecule has 0 bridgehead atoms. The van der Waals surface area contributed by atoms with E-state index in [0.717, 1.165) is 11.4 Å². The highest BCUT2D eigenvalue weighted by atomic mass is 19.1. The Balaban J connectivity index is 2.17. The first-order valence-electron chi connectivity index (χ1n) is 5.47. The van der Waals surface area contributed by atoms with E-state index < -0.39 is 0 Å². The number of ether oxygens (including phenoxy) is 2. The first kappa shape index (κ1) is 12.2. The molecule has 0 fully saturated rings. The molecule has 18 heavy (non-hydrogen) atoms. The van der Waals surface area contributed by atoms with E-state index in [1.165, 1.54) is 13.2 Å². The quantitative estimate of drug-likeness (QED) is 0.895. The molecule has 0 radical (unpaired) electrons. The van der Waals surface area contributed by atoms with E-state index in [4.69, 9.17) is 9.47 Å². The van der Waals surface area contributed by atoms with Crippen molar-refractivity contribution in [1.29, 1.82) is 0 Å². The van der Waals surface area contributed by atoms with Crippen LogP contribution in [0.2, 0.25) is 0 Å². The summed E-state index contributed by atoms with van der Waals surface area (Å²) in [5.74, 6) is 0.897. The molecule has 0 saturated heterocycles. The smallest absolute Gasteiger partial charge is 0.150 e. The van der Waals surface area contributed by atoms with Gasteiger partial charge in [-0.05, 0) is 36.4 Å². The van der Waals surface area contributed by atoms with Gasteiger partial charge < -0.3 is 14.8 Å². The molecular formula is C14H14FNO2. The van der Waals surface area contributed by atoms with E-state index in [-0.39, 0.29) is 5.82 Å². The average molecular weight is 247 g/mol. The largest absolute Gasteiger partial charge is 0.497 e. The molecule has 0 heterocycles. The maximum absolute atomic E-state index is 13.7. The number of halogens is 1. The number of methoxy groups -OCH3 is 2. The van der Waals surface area contributed by atoms with Crippen LogP contribution in [-0.2, 0) is 0 Å². The molecule has 0 unspecified atom stereocenters. The van der Waals surface area contributed by atoms with Crippen LogP contribution in [0.4, 0.5) is 15.8 Å². The van der Waals surface area contributed by atoms with Crippen LogP contribution in [0.5, 0.6) is 11.5 Å². The van der Waals surface area contributed by atoms with Gasteiger partial charge in [0, 0.05) is 11.8 Å². The first-order chi connectivity index (χ1) is 8.72. The van der Waals surface area contributed by atoms with Crippen LogP contribution in [0.25, 0.3) is 0 Å². The number of anilines is 2. The minimum absolute atomic E-state index is 0.356. The second-order valence-electron chi connectivity index (χ2n) is 3.70. The Kier molecular flexibility index (Phi) is 3.67. The zero-order valence-electron chi connectivity index (χ0n) is 10.2. The Morgan fingerprint density at radius 2 is 1.50 bits per heavy atom. The fraction of sp³-hybridized carbons (Fsp3) is 0.143. The van der Waals surface area contributed by atoms with E-state index in [1.807, 2.05) is 24.3 Å². The summed E-state index contributed by atoms with van der Waals surface area (Å²) in [4.78, 5) is 0. The maximum atomic E-state index is 13.7. The van der Waals surface area contributed by atoms with Crippen molar-refractivity contribution in [3.63, 3.8) is 0 Å². The molecule has 0 amide bonds. The number of hydrogen-bond donors (Lipinski definition) is 1. The monoisotopic (exact) mass is 247 g/mol. The van der Waals surface area contributed by atoms with Crippen LogP contribution in [-0.4, -0.2) is 14.2 Å². The molecule has 2 rings (SSSR count). The number of nitrogens with one attached hydrogen (secondary N) is 1. The lowest BCUT2D eigenvalue weighted by molar-refractivity contribution is 0.411. The predicted molar refractivity (Wildman–Crippen MR) is 69.2 cm³/mol. The average Bonchev–Trinajstić information content (AvgIpc) is 2.42. The Hall–Kier alpha value is -2.23.